The minimum absolute atomic E-state index is 0.159. The van der Waals surface area contributed by atoms with Crippen molar-refractivity contribution < 1.29 is 9.90 Å². The third kappa shape index (κ3) is 4.29. The average Bonchev–Trinajstić information content (AvgIpc) is 2.19. The van der Waals surface area contributed by atoms with Gasteiger partial charge in [0.05, 0.1) is 0 Å². The molecule has 4 nitrogen and oxygen atoms in total. The van der Waals surface area contributed by atoms with E-state index in [4.69, 9.17) is 5.11 Å². The Hall–Kier alpha value is -1.58. The molecular formula is C12H18N2O2. The number of hydrogen-bond acceptors (Lipinski definition) is 3. The molecule has 1 aromatic rings. The van der Waals surface area contributed by atoms with Gasteiger partial charge in [0, 0.05) is 18.2 Å². The van der Waals surface area contributed by atoms with Gasteiger partial charge in [-0.15, -0.1) is 0 Å². The van der Waals surface area contributed by atoms with Crippen LogP contribution in [-0.4, -0.2) is 21.6 Å². The molecule has 0 aliphatic heterocycles. The average molecular weight is 222 g/mol. The molecule has 0 amide bonds. The van der Waals surface area contributed by atoms with E-state index in [1.54, 1.807) is 6.20 Å². The van der Waals surface area contributed by atoms with Crippen LogP contribution in [0.25, 0.3) is 0 Å². The van der Waals surface area contributed by atoms with E-state index in [1.165, 1.54) is 0 Å². The van der Waals surface area contributed by atoms with E-state index >= 15 is 0 Å². The smallest absolute Gasteiger partial charge is 0.303 e. The van der Waals surface area contributed by atoms with E-state index in [1.807, 2.05) is 32.9 Å². The summed E-state index contributed by atoms with van der Waals surface area (Å²) in [6, 6.07) is 3.88. The third-order valence-corrected chi connectivity index (χ3v) is 2.34. The molecule has 0 aliphatic carbocycles. The first-order valence-corrected chi connectivity index (χ1v) is 5.32. The van der Waals surface area contributed by atoms with Crippen LogP contribution >= 0.6 is 0 Å². The summed E-state index contributed by atoms with van der Waals surface area (Å²) in [5.74, 6) is 0.00716. The van der Waals surface area contributed by atoms with Crippen LogP contribution in [0.1, 0.15) is 32.3 Å². The minimum Gasteiger partial charge on any atom is -0.481 e. The predicted molar refractivity (Wildman–Crippen MR) is 63.5 cm³/mol. The number of carbonyl (C=O) groups is 1. The highest BCUT2D eigenvalue weighted by molar-refractivity contribution is 5.66. The number of nitrogens with one attached hydrogen (secondary N) is 1. The molecular weight excluding hydrogens is 204 g/mol. The second kappa shape index (κ2) is 4.96. The van der Waals surface area contributed by atoms with Crippen LogP contribution in [0.5, 0.6) is 0 Å². The number of rotatable bonds is 5. The monoisotopic (exact) mass is 222 g/mol. The van der Waals surface area contributed by atoms with Gasteiger partial charge in [0.15, 0.2) is 0 Å². The fraction of sp³-hybridized carbons (Fsp3) is 0.500. The van der Waals surface area contributed by atoms with Gasteiger partial charge < -0.3 is 10.4 Å². The molecule has 16 heavy (non-hydrogen) atoms. The number of anilines is 1. The zero-order valence-electron chi connectivity index (χ0n) is 9.95. The number of aryl methyl sites for hydroxylation is 1. The van der Waals surface area contributed by atoms with Gasteiger partial charge in [-0.3, -0.25) is 4.79 Å². The van der Waals surface area contributed by atoms with Gasteiger partial charge in [0.25, 0.3) is 0 Å². The van der Waals surface area contributed by atoms with Gasteiger partial charge in [0.1, 0.15) is 5.82 Å². The Labute approximate surface area is 95.7 Å². The Kier molecular flexibility index (Phi) is 3.88. The summed E-state index contributed by atoms with van der Waals surface area (Å²) in [6.07, 6.45) is 2.51. The van der Waals surface area contributed by atoms with Gasteiger partial charge >= 0.3 is 5.97 Å². The predicted octanol–water partition coefficient (Wildman–Crippen LogP) is 2.45. The fourth-order valence-electron chi connectivity index (χ4n) is 1.37. The summed E-state index contributed by atoms with van der Waals surface area (Å²) in [6.45, 7) is 5.92. The number of aromatic nitrogens is 1. The van der Waals surface area contributed by atoms with E-state index in [-0.39, 0.29) is 12.0 Å². The lowest BCUT2D eigenvalue weighted by Crippen LogP contribution is -2.31. The van der Waals surface area contributed by atoms with Gasteiger partial charge in [-0.25, -0.2) is 4.98 Å². The fourth-order valence-corrected chi connectivity index (χ4v) is 1.37. The van der Waals surface area contributed by atoms with Crippen LogP contribution in [-0.2, 0) is 4.79 Å². The molecule has 2 N–H and O–H groups in total. The zero-order valence-corrected chi connectivity index (χ0v) is 9.95. The maximum absolute atomic E-state index is 10.5. The number of aliphatic carboxylic acids is 1. The van der Waals surface area contributed by atoms with Crippen molar-refractivity contribution in [2.24, 2.45) is 0 Å². The number of pyridine rings is 1. The van der Waals surface area contributed by atoms with Gasteiger partial charge in [-0.2, -0.15) is 0 Å². The first-order valence-electron chi connectivity index (χ1n) is 5.32. The van der Waals surface area contributed by atoms with E-state index in [0.717, 1.165) is 11.4 Å². The van der Waals surface area contributed by atoms with Crippen molar-refractivity contribution in [1.82, 2.24) is 4.98 Å². The Morgan fingerprint density at radius 1 is 1.50 bits per heavy atom. The van der Waals surface area contributed by atoms with Gasteiger partial charge in [0.2, 0.25) is 0 Å². The number of nitrogens with zero attached hydrogens (tertiary/aromatic N) is 1. The molecule has 0 aliphatic rings. The molecule has 0 saturated heterocycles. The molecule has 0 aromatic carbocycles. The molecule has 0 atom stereocenters. The standard InChI is InChI=1S/C12H18N2O2/c1-9-4-5-10(13-8-9)14-12(2,3)7-6-11(15)16/h4-5,8H,6-7H2,1-3H3,(H,13,14)(H,15,16). The van der Waals surface area contributed by atoms with Crippen molar-refractivity contribution >= 4 is 11.8 Å². The van der Waals surface area contributed by atoms with Crippen molar-refractivity contribution in [1.29, 1.82) is 0 Å². The van der Waals surface area contributed by atoms with Crippen LogP contribution in [0.2, 0.25) is 0 Å². The maximum atomic E-state index is 10.5. The summed E-state index contributed by atoms with van der Waals surface area (Å²) >= 11 is 0. The van der Waals surface area contributed by atoms with Crippen LogP contribution in [0.4, 0.5) is 5.82 Å². The highest BCUT2D eigenvalue weighted by Crippen LogP contribution is 2.18. The molecule has 0 radical (unpaired) electrons. The molecule has 1 rings (SSSR count). The first-order chi connectivity index (χ1) is 7.39. The quantitative estimate of drug-likeness (QED) is 0.803. The number of carboxylic acids is 1. The lowest BCUT2D eigenvalue weighted by Gasteiger charge is -2.26. The summed E-state index contributed by atoms with van der Waals surface area (Å²) < 4.78 is 0. The third-order valence-electron chi connectivity index (χ3n) is 2.34. The van der Waals surface area contributed by atoms with Crippen LogP contribution in [0.15, 0.2) is 18.3 Å². The molecule has 0 spiro atoms. The number of hydrogen-bond donors (Lipinski definition) is 2. The van der Waals surface area contributed by atoms with E-state index in [0.29, 0.717) is 6.42 Å². The molecule has 0 fully saturated rings. The molecule has 88 valence electrons. The lowest BCUT2D eigenvalue weighted by molar-refractivity contribution is -0.137. The van der Waals surface area contributed by atoms with Crippen molar-refractivity contribution in [3.05, 3.63) is 23.9 Å². The van der Waals surface area contributed by atoms with Gasteiger partial charge in [-0.05, 0) is 38.8 Å². The molecule has 1 heterocycles. The SMILES string of the molecule is Cc1ccc(NC(C)(C)CCC(=O)O)nc1. The van der Waals surface area contributed by atoms with Crippen molar-refractivity contribution in [2.75, 3.05) is 5.32 Å². The summed E-state index contributed by atoms with van der Waals surface area (Å²) in [5, 5.41) is 11.9. The molecule has 0 saturated carbocycles. The Balaban J connectivity index is 2.57. The Morgan fingerprint density at radius 3 is 2.69 bits per heavy atom. The normalized spacial score (nSPS) is 11.2. The van der Waals surface area contributed by atoms with Crippen molar-refractivity contribution in [2.45, 2.75) is 39.2 Å². The first kappa shape index (κ1) is 12.5. The Bertz CT molecular complexity index is 358. The second-order valence-corrected chi connectivity index (χ2v) is 4.62. The highest BCUT2D eigenvalue weighted by atomic mass is 16.4. The molecule has 4 heteroatoms. The zero-order chi connectivity index (χ0) is 12.2. The number of carboxylic acid groups (broad SMARTS) is 1. The largest absolute Gasteiger partial charge is 0.481 e. The van der Waals surface area contributed by atoms with Crippen LogP contribution in [0.3, 0.4) is 0 Å². The van der Waals surface area contributed by atoms with Crippen molar-refractivity contribution in [3.8, 4) is 0 Å². The summed E-state index contributed by atoms with van der Waals surface area (Å²) in [7, 11) is 0. The summed E-state index contributed by atoms with van der Waals surface area (Å²) in [4.78, 5) is 14.7. The maximum Gasteiger partial charge on any atom is 0.303 e. The molecule has 0 unspecified atom stereocenters. The second-order valence-electron chi connectivity index (χ2n) is 4.62. The Morgan fingerprint density at radius 2 is 2.19 bits per heavy atom. The topological polar surface area (TPSA) is 62.2 Å². The molecule has 0 bridgehead atoms. The van der Waals surface area contributed by atoms with E-state index < -0.39 is 5.97 Å². The van der Waals surface area contributed by atoms with Gasteiger partial charge in [-0.1, -0.05) is 6.07 Å². The highest BCUT2D eigenvalue weighted by Gasteiger charge is 2.19. The van der Waals surface area contributed by atoms with Crippen LogP contribution in [0, 0.1) is 6.92 Å². The van der Waals surface area contributed by atoms with Crippen molar-refractivity contribution in [3.63, 3.8) is 0 Å². The summed E-state index contributed by atoms with van der Waals surface area (Å²) in [5.41, 5.74) is 0.842. The van der Waals surface area contributed by atoms with E-state index in [9.17, 15) is 4.79 Å². The molecule has 1 aromatic heterocycles. The minimum atomic E-state index is -0.772. The lowest BCUT2D eigenvalue weighted by atomic mass is 9.98. The van der Waals surface area contributed by atoms with Crippen LogP contribution < -0.4 is 5.32 Å². The van der Waals surface area contributed by atoms with E-state index in [2.05, 4.69) is 10.3 Å².